The van der Waals surface area contributed by atoms with Gasteiger partial charge in [-0.2, -0.15) is 0 Å². The largest absolute Gasteiger partial charge is 0.397 e. The molecule has 0 atom stereocenters. The highest BCUT2D eigenvalue weighted by atomic mass is 16.3. The van der Waals surface area contributed by atoms with E-state index in [-0.39, 0.29) is 6.61 Å². The molecule has 1 heterocycles. The van der Waals surface area contributed by atoms with Crippen LogP contribution in [-0.2, 0) is 0 Å². The molecule has 3 N–H and O–H groups in total. The summed E-state index contributed by atoms with van der Waals surface area (Å²) in [6.45, 7) is 5.73. The molecule has 4 nitrogen and oxygen atoms in total. The molecule has 84 valence electrons. The van der Waals surface area contributed by atoms with E-state index in [0.717, 1.165) is 24.3 Å². The summed E-state index contributed by atoms with van der Waals surface area (Å²) >= 11 is 0. The van der Waals surface area contributed by atoms with Gasteiger partial charge in [0.2, 0.25) is 0 Å². The molecule has 0 unspecified atom stereocenters. The van der Waals surface area contributed by atoms with Gasteiger partial charge < -0.3 is 15.7 Å². The van der Waals surface area contributed by atoms with E-state index in [2.05, 4.69) is 16.8 Å². The van der Waals surface area contributed by atoms with E-state index in [1.54, 1.807) is 6.20 Å². The Bertz CT molecular complexity index is 309. The predicted molar refractivity (Wildman–Crippen MR) is 63.0 cm³/mol. The molecule has 0 aromatic carbocycles. The van der Waals surface area contributed by atoms with E-state index in [1.807, 2.05) is 13.0 Å². The summed E-state index contributed by atoms with van der Waals surface area (Å²) in [4.78, 5) is 6.33. The second-order valence-corrected chi connectivity index (χ2v) is 3.61. The van der Waals surface area contributed by atoms with Crippen LogP contribution in [0.15, 0.2) is 12.3 Å². The standard InChI is InChI=1S/C11H19N3O/c1-3-4-14(5-6-15)11-7-9(2)10(12)8-13-11/h7-8,15H,3-6,12H2,1-2H3. The van der Waals surface area contributed by atoms with Crippen molar-refractivity contribution in [1.29, 1.82) is 0 Å². The SMILES string of the molecule is CCCN(CCO)c1cc(C)c(N)cn1. The van der Waals surface area contributed by atoms with Gasteiger partial charge in [0, 0.05) is 13.1 Å². The van der Waals surface area contributed by atoms with E-state index in [1.165, 1.54) is 0 Å². The average molecular weight is 209 g/mol. The minimum absolute atomic E-state index is 0.144. The summed E-state index contributed by atoms with van der Waals surface area (Å²) in [5.74, 6) is 0.887. The summed E-state index contributed by atoms with van der Waals surface area (Å²) < 4.78 is 0. The highest BCUT2D eigenvalue weighted by Gasteiger charge is 2.07. The third-order valence-corrected chi connectivity index (χ3v) is 2.32. The lowest BCUT2D eigenvalue weighted by atomic mass is 10.2. The molecule has 0 saturated carbocycles. The molecule has 0 amide bonds. The smallest absolute Gasteiger partial charge is 0.128 e. The average Bonchev–Trinajstić information content (AvgIpc) is 2.22. The van der Waals surface area contributed by atoms with Crippen LogP contribution in [0, 0.1) is 6.92 Å². The fourth-order valence-corrected chi connectivity index (χ4v) is 1.46. The number of hydrogen-bond donors (Lipinski definition) is 2. The minimum Gasteiger partial charge on any atom is -0.397 e. The zero-order chi connectivity index (χ0) is 11.3. The van der Waals surface area contributed by atoms with Crippen molar-refractivity contribution in [3.05, 3.63) is 17.8 Å². The van der Waals surface area contributed by atoms with Gasteiger partial charge in [0.05, 0.1) is 18.5 Å². The van der Waals surface area contributed by atoms with E-state index < -0.39 is 0 Å². The van der Waals surface area contributed by atoms with E-state index in [0.29, 0.717) is 12.2 Å². The normalized spacial score (nSPS) is 10.3. The third-order valence-electron chi connectivity index (χ3n) is 2.32. The molecule has 1 rings (SSSR count). The molecule has 0 fully saturated rings. The topological polar surface area (TPSA) is 62.4 Å². The van der Waals surface area contributed by atoms with E-state index >= 15 is 0 Å². The maximum Gasteiger partial charge on any atom is 0.128 e. The van der Waals surface area contributed by atoms with Gasteiger partial charge in [-0.15, -0.1) is 0 Å². The minimum atomic E-state index is 0.144. The Morgan fingerprint density at radius 2 is 2.20 bits per heavy atom. The number of hydrogen-bond acceptors (Lipinski definition) is 4. The van der Waals surface area contributed by atoms with Crippen LogP contribution in [0.1, 0.15) is 18.9 Å². The van der Waals surface area contributed by atoms with Gasteiger partial charge in [0.15, 0.2) is 0 Å². The quantitative estimate of drug-likeness (QED) is 0.764. The van der Waals surface area contributed by atoms with Crippen molar-refractivity contribution >= 4 is 11.5 Å². The number of rotatable bonds is 5. The maximum atomic E-state index is 8.95. The van der Waals surface area contributed by atoms with Crippen molar-refractivity contribution < 1.29 is 5.11 Å². The van der Waals surface area contributed by atoms with Crippen LogP contribution >= 0.6 is 0 Å². The molecular weight excluding hydrogens is 190 g/mol. The van der Waals surface area contributed by atoms with Crippen molar-refractivity contribution in [2.45, 2.75) is 20.3 Å². The molecule has 0 aliphatic rings. The van der Waals surface area contributed by atoms with Gasteiger partial charge in [-0.25, -0.2) is 4.98 Å². The van der Waals surface area contributed by atoms with Crippen LogP contribution in [0.4, 0.5) is 11.5 Å². The Morgan fingerprint density at radius 3 is 2.73 bits per heavy atom. The first-order valence-corrected chi connectivity index (χ1v) is 5.27. The molecule has 15 heavy (non-hydrogen) atoms. The number of nitrogens with two attached hydrogens (primary N) is 1. The Morgan fingerprint density at radius 1 is 1.47 bits per heavy atom. The number of anilines is 2. The first-order chi connectivity index (χ1) is 7.19. The van der Waals surface area contributed by atoms with Gasteiger partial charge in [0.1, 0.15) is 5.82 Å². The lowest BCUT2D eigenvalue weighted by molar-refractivity contribution is 0.301. The zero-order valence-corrected chi connectivity index (χ0v) is 9.40. The number of aliphatic hydroxyl groups is 1. The fraction of sp³-hybridized carbons (Fsp3) is 0.545. The van der Waals surface area contributed by atoms with Crippen LogP contribution < -0.4 is 10.6 Å². The van der Waals surface area contributed by atoms with E-state index in [4.69, 9.17) is 10.8 Å². The summed E-state index contributed by atoms with van der Waals surface area (Å²) in [7, 11) is 0. The van der Waals surface area contributed by atoms with Crippen LogP contribution in [0.25, 0.3) is 0 Å². The Hall–Kier alpha value is -1.29. The number of nitrogen functional groups attached to an aromatic ring is 1. The summed E-state index contributed by atoms with van der Waals surface area (Å²) in [5, 5.41) is 8.95. The number of aromatic nitrogens is 1. The molecule has 1 aromatic rings. The second kappa shape index (κ2) is 5.56. The van der Waals surface area contributed by atoms with Crippen LogP contribution in [0.5, 0.6) is 0 Å². The zero-order valence-electron chi connectivity index (χ0n) is 9.40. The van der Waals surface area contributed by atoms with Gasteiger partial charge in [-0.1, -0.05) is 6.92 Å². The van der Waals surface area contributed by atoms with Crippen molar-refractivity contribution in [3.63, 3.8) is 0 Å². The molecule has 0 saturated heterocycles. The summed E-state index contributed by atoms with van der Waals surface area (Å²) in [6.07, 6.45) is 2.70. The van der Waals surface area contributed by atoms with Gasteiger partial charge in [-0.05, 0) is 25.0 Å². The molecule has 4 heteroatoms. The van der Waals surface area contributed by atoms with Crippen LogP contribution in [0.3, 0.4) is 0 Å². The number of aliphatic hydroxyl groups excluding tert-OH is 1. The Balaban J connectivity index is 2.85. The molecule has 0 bridgehead atoms. The monoisotopic (exact) mass is 209 g/mol. The van der Waals surface area contributed by atoms with Crippen LogP contribution in [0.2, 0.25) is 0 Å². The number of nitrogens with zero attached hydrogens (tertiary/aromatic N) is 2. The first kappa shape index (κ1) is 11.8. The Labute approximate surface area is 90.7 Å². The lowest BCUT2D eigenvalue weighted by Crippen LogP contribution is -2.28. The molecule has 1 aromatic heterocycles. The Kier molecular flexibility index (Phi) is 4.37. The van der Waals surface area contributed by atoms with Gasteiger partial charge in [0.25, 0.3) is 0 Å². The van der Waals surface area contributed by atoms with Crippen molar-refractivity contribution in [3.8, 4) is 0 Å². The molecular formula is C11H19N3O. The highest BCUT2D eigenvalue weighted by molar-refractivity contribution is 5.52. The van der Waals surface area contributed by atoms with Gasteiger partial charge in [-0.3, -0.25) is 0 Å². The molecule has 0 radical (unpaired) electrons. The van der Waals surface area contributed by atoms with Gasteiger partial charge >= 0.3 is 0 Å². The summed E-state index contributed by atoms with van der Waals surface area (Å²) in [5.41, 5.74) is 7.44. The molecule has 0 aliphatic carbocycles. The van der Waals surface area contributed by atoms with Crippen molar-refractivity contribution in [2.75, 3.05) is 30.3 Å². The predicted octanol–water partition coefficient (Wildman–Crippen LogP) is 1.18. The summed E-state index contributed by atoms with van der Waals surface area (Å²) in [6, 6.07) is 1.96. The maximum absolute atomic E-state index is 8.95. The number of aryl methyl sites for hydroxylation is 1. The lowest BCUT2D eigenvalue weighted by Gasteiger charge is -2.22. The van der Waals surface area contributed by atoms with Crippen LogP contribution in [-0.4, -0.2) is 29.8 Å². The first-order valence-electron chi connectivity index (χ1n) is 5.27. The van der Waals surface area contributed by atoms with Crippen molar-refractivity contribution in [1.82, 2.24) is 4.98 Å². The fourth-order valence-electron chi connectivity index (χ4n) is 1.46. The highest BCUT2D eigenvalue weighted by Crippen LogP contribution is 2.17. The molecule has 0 spiro atoms. The third kappa shape index (κ3) is 3.09. The number of pyridine rings is 1. The van der Waals surface area contributed by atoms with E-state index in [9.17, 15) is 0 Å². The van der Waals surface area contributed by atoms with Crippen molar-refractivity contribution in [2.24, 2.45) is 0 Å². The second-order valence-electron chi connectivity index (χ2n) is 3.61. The molecule has 0 aliphatic heterocycles.